The molecule has 0 radical (unpaired) electrons. The van der Waals surface area contributed by atoms with Crippen molar-refractivity contribution in [1.82, 2.24) is 15.2 Å². The molecule has 0 bridgehead atoms. The lowest BCUT2D eigenvalue weighted by Gasteiger charge is -2.39. The molecule has 2 aliphatic heterocycles. The van der Waals surface area contributed by atoms with Crippen molar-refractivity contribution in [3.8, 4) is 0 Å². The molecule has 0 aliphatic carbocycles. The second-order valence-corrected chi connectivity index (χ2v) is 10.3. The molecule has 0 spiro atoms. The van der Waals surface area contributed by atoms with Gasteiger partial charge >= 0.3 is 0 Å². The Bertz CT molecular complexity index is 771. The minimum atomic E-state index is -3.07. The van der Waals surface area contributed by atoms with Gasteiger partial charge in [0, 0.05) is 46.0 Å². The Labute approximate surface area is 161 Å². The molecule has 0 saturated carbocycles. The highest BCUT2D eigenvalue weighted by Crippen LogP contribution is 2.23. The van der Waals surface area contributed by atoms with Crippen molar-refractivity contribution in [2.75, 3.05) is 57.1 Å². The van der Waals surface area contributed by atoms with Gasteiger partial charge in [-0.15, -0.1) is 0 Å². The molecule has 2 fully saturated rings. The molecular weight excluding hydrogens is 366 g/mol. The largest absolute Gasteiger partial charge is 0.378 e. The summed E-state index contributed by atoms with van der Waals surface area (Å²) in [5, 5.41) is 3.33. The zero-order chi connectivity index (χ0) is 19.5. The monoisotopic (exact) mass is 395 g/mol. The van der Waals surface area contributed by atoms with E-state index in [0.717, 1.165) is 43.6 Å². The van der Waals surface area contributed by atoms with Gasteiger partial charge < -0.3 is 19.9 Å². The third-order valence-corrected chi connectivity index (χ3v) is 7.68. The molecule has 1 aromatic heterocycles. The molecule has 150 valence electrons. The summed E-state index contributed by atoms with van der Waals surface area (Å²) in [5.74, 6) is 1.83. The van der Waals surface area contributed by atoms with E-state index in [9.17, 15) is 8.42 Å². The number of hydrogen-bond donors (Lipinski definition) is 1. The molecule has 0 unspecified atom stereocenters. The van der Waals surface area contributed by atoms with Crippen LogP contribution in [-0.4, -0.2) is 81.2 Å². The van der Waals surface area contributed by atoms with E-state index in [1.54, 1.807) is 20.9 Å². The number of morpholine rings is 1. The number of rotatable bonds is 3. The Morgan fingerprint density at radius 3 is 2.63 bits per heavy atom. The van der Waals surface area contributed by atoms with Crippen molar-refractivity contribution >= 4 is 21.6 Å². The summed E-state index contributed by atoms with van der Waals surface area (Å²) in [4.78, 5) is 13.1. The average molecular weight is 396 g/mol. The van der Waals surface area contributed by atoms with Crippen molar-refractivity contribution in [3.63, 3.8) is 0 Å². The van der Waals surface area contributed by atoms with Gasteiger partial charge in [0.2, 0.25) is 0 Å². The predicted octanol–water partition coefficient (Wildman–Crippen LogP) is 0.503. The van der Waals surface area contributed by atoms with E-state index in [1.165, 1.54) is 0 Å². The summed E-state index contributed by atoms with van der Waals surface area (Å²) in [6.07, 6.45) is 1.87. The molecular formula is C18H29N5O3S. The predicted molar refractivity (Wildman–Crippen MR) is 107 cm³/mol. The molecule has 3 heterocycles. The van der Waals surface area contributed by atoms with Gasteiger partial charge in [-0.05, 0) is 25.5 Å². The number of pyridine rings is 1. The number of guanidine groups is 1. The lowest BCUT2D eigenvalue weighted by atomic mass is 10.2. The fourth-order valence-corrected chi connectivity index (χ4v) is 4.70. The molecule has 2 aliphatic rings. The van der Waals surface area contributed by atoms with E-state index in [4.69, 9.17) is 4.74 Å². The first-order chi connectivity index (χ1) is 12.8. The van der Waals surface area contributed by atoms with E-state index in [0.29, 0.717) is 19.6 Å². The fraction of sp³-hybridized carbons (Fsp3) is 0.667. The highest BCUT2D eigenvalue weighted by atomic mass is 32.2. The lowest BCUT2D eigenvalue weighted by molar-refractivity contribution is 0.122. The van der Waals surface area contributed by atoms with E-state index < -0.39 is 14.6 Å². The van der Waals surface area contributed by atoms with Crippen LogP contribution in [0.3, 0.4) is 0 Å². The van der Waals surface area contributed by atoms with Crippen LogP contribution in [-0.2, 0) is 21.1 Å². The maximum Gasteiger partial charge on any atom is 0.193 e. The highest BCUT2D eigenvalue weighted by Gasteiger charge is 2.40. The molecule has 8 nitrogen and oxygen atoms in total. The first-order valence-electron chi connectivity index (χ1n) is 9.28. The molecule has 0 amide bonds. The molecule has 0 aromatic carbocycles. The molecule has 1 aromatic rings. The van der Waals surface area contributed by atoms with Crippen LogP contribution in [0.2, 0.25) is 0 Å². The number of nitrogens with one attached hydrogen (secondary N) is 1. The SMILES string of the molecule is CN=C(NCc1ccc(N2CCOCC2)nc1)N1CCS(=O)(=O)C(C)(C)C1. The zero-order valence-corrected chi connectivity index (χ0v) is 17.1. The Morgan fingerprint density at radius 2 is 2.04 bits per heavy atom. The lowest BCUT2D eigenvalue weighted by Crippen LogP contribution is -2.57. The third-order valence-electron chi connectivity index (χ3n) is 5.15. The third kappa shape index (κ3) is 4.52. The van der Waals surface area contributed by atoms with Gasteiger partial charge in [0.25, 0.3) is 0 Å². The first-order valence-corrected chi connectivity index (χ1v) is 10.9. The van der Waals surface area contributed by atoms with Crippen molar-refractivity contribution in [3.05, 3.63) is 23.9 Å². The van der Waals surface area contributed by atoms with Crippen molar-refractivity contribution in [2.45, 2.75) is 25.1 Å². The molecule has 27 heavy (non-hydrogen) atoms. The van der Waals surface area contributed by atoms with E-state index in [2.05, 4.69) is 26.3 Å². The van der Waals surface area contributed by atoms with E-state index in [-0.39, 0.29) is 5.75 Å². The molecule has 9 heteroatoms. The summed E-state index contributed by atoms with van der Waals surface area (Å²) in [6, 6.07) is 4.09. The van der Waals surface area contributed by atoms with Crippen LogP contribution < -0.4 is 10.2 Å². The maximum atomic E-state index is 12.2. The fourth-order valence-electron chi connectivity index (χ4n) is 3.34. The normalized spacial score (nSPS) is 22.6. The summed E-state index contributed by atoms with van der Waals surface area (Å²) in [7, 11) is -1.35. The van der Waals surface area contributed by atoms with Crippen molar-refractivity contribution in [2.24, 2.45) is 4.99 Å². The van der Waals surface area contributed by atoms with E-state index in [1.807, 2.05) is 17.2 Å². The minimum absolute atomic E-state index is 0.149. The van der Waals surface area contributed by atoms with Crippen molar-refractivity contribution < 1.29 is 13.2 Å². The zero-order valence-electron chi connectivity index (χ0n) is 16.3. The van der Waals surface area contributed by atoms with Gasteiger partial charge in [-0.2, -0.15) is 0 Å². The van der Waals surface area contributed by atoms with Crippen LogP contribution in [0.25, 0.3) is 0 Å². The second-order valence-electron chi connectivity index (χ2n) is 7.52. The van der Waals surface area contributed by atoms with Crippen LogP contribution in [0.5, 0.6) is 0 Å². The van der Waals surface area contributed by atoms with Gasteiger partial charge in [0.05, 0.1) is 23.7 Å². The van der Waals surface area contributed by atoms with Gasteiger partial charge in [-0.1, -0.05) is 6.07 Å². The topological polar surface area (TPSA) is 87.1 Å². The second kappa shape index (κ2) is 8.02. The van der Waals surface area contributed by atoms with Gasteiger partial charge in [-0.25, -0.2) is 13.4 Å². The van der Waals surface area contributed by atoms with Crippen LogP contribution in [0.15, 0.2) is 23.3 Å². The Morgan fingerprint density at radius 1 is 1.30 bits per heavy atom. The number of aliphatic imine (C=N–C) groups is 1. The van der Waals surface area contributed by atoms with Gasteiger partial charge in [-0.3, -0.25) is 4.99 Å². The molecule has 3 rings (SSSR count). The van der Waals surface area contributed by atoms with Crippen molar-refractivity contribution in [1.29, 1.82) is 0 Å². The van der Waals surface area contributed by atoms with Gasteiger partial charge in [0.15, 0.2) is 15.8 Å². The number of nitrogens with zero attached hydrogens (tertiary/aromatic N) is 4. The Hall–Kier alpha value is -1.87. The molecule has 1 N–H and O–H groups in total. The number of anilines is 1. The van der Waals surface area contributed by atoms with Crippen LogP contribution >= 0.6 is 0 Å². The smallest absolute Gasteiger partial charge is 0.193 e. The van der Waals surface area contributed by atoms with Crippen LogP contribution in [0.4, 0.5) is 5.82 Å². The minimum Gasteiger partial charge on any atom is -0.378 e. The quantitative estimate of drug-likeness (QED) is 0.589. The number of aromatic nitrogens is 1. The van der Waals surface area contributed by atoms with Crippen LogP contribution in [0, 0.1) is 0 Å². The summed E-state index contributed by atoms with van der Waals surface area (Å²) < 4.78 is 29.0. The van der Waals surface area contributed by atoms with Crippen LogP contribution in [0.1, 0.15) is 19.4 Å². The standard InChI is InChI=1S/C18H29N5O3S/c1-18(2)14-23(8-11-27(18,24)25)17(19-3)21-13-15-4-5-16(20-12-15)22-6-9-26-10-7-22/h4-5,12H,6-11,13-14H2,1-3H3,(H,19,21). The number of ether oxygens (including phenoxy) is 1. The Kier molecular flexibility index (Phi) is 5.90. The highest BCUT2D eigenvalue weighted by molar-refractivity contribution is 7.92. The first kappa shape index (κ1) is 19.9. The molecule has 2 saturated heterocycles. The molecule has 0 atom stereocenters. The van der Waals surface area contributed by atoms with E-state index >= 15 is 0 Å². The summed E-state index contributed by atoms with van der Waals surface area (Å²) >= 11 is 0. The number of hydrogen-bond acceptors (Lipinski definition) is 6. The Balaban J connectivity index is 1.58. The summed E-state index contributed by atoms with van der Waals surface area (Å²) in [5.41, 5.74) is 1.05. The summed E-state index contributed by atoms with van der Waals surface area (Å²) in [6.45, 7) is 8.24. The number of sulfone groups is 1. The van der Waals surface area contributed by atoms with Gasteiger partial charge in [0.1, 0.15) is 5.82 Å². The maximum absolute atomic E-state index is 12.2. The average Bonchev–Trinajstić information content (AvgIpc) is 2.66.